The fraction of sp³-hybridized carbons (Fsp3) is 0.421. The third kappa shape index (κ3) is 6.58. The first-order valence-electron chi connectivity index (χ1n) is 8.81. The summed E-state index contributed by atoms with van der Waals surface area (Å²) in [6.07, 6.45) is 0.245. The van der Waals surface area contributed by atoms with Crippen molar-refractivity contribution in [3.05, 3.63) is 47.8 Å². The molecule has 0 radical (unpaired) electrons. The number of nitrogens with zero attached hydrogens (tertiary/aromatic N) is 2. The van der Waals surface area contributed by atoms with Crippen LogP contribution >= 0.6 is 0 Å². The Balaban J connectivity index is 1.61. The maximum atomic E-state index is 11.9. The van der Waals surface area contributed by atoms with E-state index < -0.39 is 0 Å². The summed E-state index contributed by atoms with van der Waals surface area (Å²) < 4.78 is 1.96. The van der Waals surface area contributed by atoms with Gasteiger partial charge in [-0.15, -0.1) is 0 Å². The van der Waals surface area contributed by atoms with Gasteiger partial charge in [0.25, 0.3) is 0 Å². The summed E-state index contributed by atoms with van der Waals surface area (Å²) in [6.45, 7) is 7.69. The van der Waals surface area contributed by atoms with Gasteiger partial charge in [0.05, 0.1) is 5.69 Å². The predicted molar refractivity (Wildman–Crippen MR) is 102 cm³/mol. The highest BCUT2D eigenvalue weighted by molar-refractivity contribution is 5.89. The number of aryl methyl sites for hydroxylation is 2. The van der Waals surface area contributed by atoms with Crippen molar-refractivity contribution < 1.29 is 9.59 Å². The average molecular weight is 357 g/mol. The fourth-order valence-electron chi connectivity index (χ4n) is 2.58. The van der Waals surface area contributed by atoms with Gasteiger partial charge in [0.2, 0.25) is 5.91 Å². The quantitative estimate of drug-likeness (QED) is 0.678. The standard InChI is InChI=1S/C19H27N5O2/c1-14(13-24-16(3)11-15(2)23-24)12-21-18(25)9-10-20-19(26)22-17-7-5-4-6-8-17/h4-8,11,14H,9-10,12-13H2,1-3H3,(H,21,25)(H2,20,22,26). The van der Waals surface area contributed by atoms with Crippen LogP contribution in [0.15, 0.2) is 36.4 Å². The molecule has 1 heterocycles. The predicted octanol–water partition coefficient (Wildman–Crippen LogP) is 2.46. The lowest BCUT2D eigenvalue weighted by Gasteiger charge is -2.14. The summed E-state index contributed by atoms with van der Waals surface area (Å²) in [5, 5.41) is 12.7. The number of para-hydroxylation sites is 1. The zero-order chi connectivity index (χ0) is 18.9. The van der Waals surface area contributed by atoms with Crippen LogP contribution < -0.4 is 16.0 Å². The third-order valence-corrected chi connectivity index (χ3v) is 3.90. The van der Waals surface area contributed by atoms with Crippen LogP contribution in [0.5, 0.6) is 0 Å². The minimum atomic E-state index is -0.318. The number of aromatic nitrogens is 2. The van der Waals surface area contributed by atoms with E-state index in [4.69, 9.17) is 0 Å². The number of amides is 3. The number of rotatable bonds is 8. The molecule has 1 aromatic heterocycles. The number of anilines is 1. The van der Waals surface area contributed by atoms with E-state index in [1.807, 2.05) is 42.8 Å². The van der Waals surface area contributed by atoms with Crippen LogP contribution in [0.2, 0.25) is 0 Å². The van der Waals surface area contributed by atoms with Gasteiger partial charge in [-0.2, -0.15) is 5.10 Å². The molecule has 0 aliphatic rings. The van der Waals surface area contributed by atoms with Crippen molar-refractivity contribution in [2.24, 2.45) is 5.92 Å². The zero-order valence-electron chi connectivity index (χ0n) is 15.6. The Labute approximate surface area is 154 Å². The number of carbonyl (C=O) groups excluding carboxylic acids is 2. The molecule has 0 aliphatic heterocycles. The van der Waals surface area contributed by atoms with Crippen molar-refractivity contribution in [3.8, 4) is 0 Å². The Morgan fingerprint density at radius 3 is 2.54 bits per heavy atom. The van der Waals surface area contributed by atoms with Crippen LogP contribution in [0, 0.1) is 19.8 Å². The normalized spacial score (nSPS) is 11.7. The van der Waals surface area contributed by atoms with E-state index >= 15 is 0 Å². The molecule has 2 rings (SSSR count). The molecule has 3 amide bonds. The summed E-state index contributed by atoms with van der Waals surface area (Å²) >= 11 is 0. The number of nitrogens with one attached hydrogen (secondary N) is 3. The summed E-state index contributed by atoms with van der Waals surface area (Å²) in [5.41, 5.74) is 2.83. The zero-order valence-corrected chi connectivity index (χ0v) is 15.6. The summed E-state index contributed by atoms with van der Waals surface area (Å²) in [6, 6.07) is 10.9. The van der Waals surface area contributed by atoms with Crippen LogP contribution in [0.4, 0.5) is 10.5 Å². The molecule has 2 aromatic rings. The molecule has 26 heavy (non-hydrogen) atoms. The van der Waals surface area contributed by atoms with Gasteiger partial charge in [0.15, 0.2) is 0 Å². The van der Waals surface area contributed by atoms with E-state index in [-0.39, 0.29) is 30.8 Å². The molecule has 1 unspecified atom stereocenters. The second kappa shape index (κ2) is 9.60. The van der Waals surface area contributed by atoms with E-state index in [0.29, 0.717) is 12.2 Å². The van der Waals surface area contributed by atoms with E-state index in [9.17, 15) is 9.59 Å². The Morgan fingerprint density at radius 1 is 1.15 bits per heavy atom. The lowest BCUT2D eigenvalue weighted by Crippen LogP contribution is -2.35. The van der Waals surface area contributed by atoms with Gasteiger partial charge in [-0.25, -0.2) is 4.79 Å². The number of carbonyl (C=O) groups is 2. The molecule has 1 atom stereocenters. The first-order valence-corrected chi connectivity index (χ1v) is 8.81. The summed E-state index contributed by atoms with van der Waals surface area (Å²) in [7, 11) is 0. The number of hydrogen-bond donors (Lipinski definition) is 3. The number of urea groups is 1. The maximum Gasteiger partial charge on any atom is 0.319 e. The van der Waals surface area contributed by atoms with E-state index in [2.05, 4.69) is 28.0 Å². The Morgan fingerprint density at radius 2 is 1.88 bits per heavy atom. The highest BCUT2D eigenvalue weighted by Crippen LogP contribution is 2.06. The molecular formula is C19H27N5O2. The molecule has 7 nitrogen and oxygen atoms in total. The Bertz CT molecular complexity index is 727. The lowest BCUT2D eigenvalue weighted by atomic mass is 10.2. The first kappa shape index (κ1) is 19.5. The molecular weight excluding hydrogens is 330 g/mol. The van der Waals surface area contributed by atoms with Gasteiger partial charge in [-0.3, -0.25) is 9.48 Å². The molecule has 7 heteroatoms. The molecule has 0 saturated heterocycles. The van der Waals surface area contributed by atoms with Gasteiger partial charge in [0.1, 0.15) is 0 Å². The van der Waals surface area contributed by atoms with Crippen molar-refractivity contribution in [1.82, 2.24) is 20.4 Å². The fourth-order valence-corrected chi connectivity index (χ4v) is 2.58. The third-order valence-electron chi connectivity index (χ3n) is 3.90. The largest absolute Gasteiger partial charge is 0.356 e. The molecule has 3 N–H and O–H groups in total. The molecule has 0 spiro atoms. The highest BCUT2D eigenvalue weighted by Gasteiger charge is 2.09. The van der Waals surface area contributed by atoms with Gasteiger partial charge >= 0.3 is 6.03 Å². The average Bonchev–Trinajstić information content (AvgIpc) is 2.91. The second-order valence-electron chi connectivity index (χ2n) is 6.52. The van der Waals surface area contributed by atoms with Gasteiger partial charge in [0, 0.05) is 37.4 Å². The molecule has 140 valence electrons. The molecule has 1 aromatic carbocycles. The van der Waals surface area contributed by atoms with Crippen molar-refractivity contribution in [1.29, 1.82) is 0 Å². The van der Waals surface area contributed by atoms with E-state index in [0.717, 1.165) is 17.9 Å². The van der Waals surface area contributed by atoms with E-state index in [1.54, 1.807) is 12.1 Å². The minimum Gasteiger partial charge on any atom is -0.356 e. The van der Waals surface area contributed by atoms with Gasteiger partial charge in [-0.05, 0) is 38.0 Å². The van der Waals surface area contributed by atoms with Gasteiger partial charge < -0.3 is 16.0 Å². The molecule has 0 saturated carbocycles. The monoisotopic (exact) mass is 357 g/mol. The van der Waals surface area contributed by atoms with Crippen molar-refractivity contribution in [2.45, 2.75) is 33.7 Å². The topological polar surface area (TPSA) is 88.0 Å². The molecule has 0 bridgehead atoms. The van der Waals surface area contributed by atoms with Crippen LogP contribution in [0.1, 0.15) is 24.7 Å². The van der Waals surface area contributed by atoms with Crippen LogP contribution in [-0.4, -0.2) is 34.8 Å². The van der Waals surface area contributed by atoms with Crippen molar-refractivity contribution in [2.75, 3.05) is 18.4 Å². The van der Waals surface area contributed by atoms with Gasteiger partial charge in [-0.1, -0.05) is 25.1 Å². The van der Waals surface area contributed by atoms with Crippen LogP contribution in [0.25, 0.3) is 0 Å². The lowest BCUT2D eigenvalue weighted by molar-refractivity contribution is -0.121. The SMILES string of the molecule is Cc1cc(C)n(CC(C)CNC(=O)CCNC(=O)Nc2ccccc2)n1. The Hall–Kier alpha value is -2.83. The highest BCUT2D eigenvalue weighted by atomic mass is 16.2. The summed E-state index contributed by atoms with van der Waals surface area (Å²) in [4.78, 5) is 23.6. The van der Waals surface area contributed by atoms with E-state index in [1.165, 1.54) is 0 Å². The van der Waals surface area contributed by atoms with Crippen LogP contribution in [-0.2, 0) is 11.3 Å². The summed E-state index contributed by atoms with van der Waals surface area (Å²) in [5.74, 6) is 0.191. The van der Waals surface area contributed by atoms with Crippen molar-refractivity contribution >= 4 is 17.6 Å². The maximum absolute atomic E-state index is 11.9. The molecule has 0 aliphatic carbocycles. The number of benzene rings is 1. The Kier molecular flexibility index (Phi) is 7.20. The first-order chi connectivity index (χ1) is 12.4. The smallest absolute Gasteiger partial charge is 0.319 e. The van der Waals surface area contributed by atoms with Crippen molar-refractivity contribution in [3.63, 3.8) is 0 Å². The number of hydrogen-bond acceptors (Lipinski definition) is 3. The minimum absolute atomic E-state index is 0.0785. The molecule has 0 fully saturated rings. The second-order valence-corrected chi connectivity index (χ2v) is 6.52. The van der Waals surface area contributed by atoms with Crippen LogP contribution in [0.3, 0.4) is 0 Å².